The zero-order chi connectivity index (χ0) is 19.3. The number of rotatable bonds is 3. The number of pyridine rings is 1. The molecule has 0 fully saturated rings. The van der Waals surface area contributed by atoms with Gasteiger partial charge in [-0.15, -0.1) is 0 Å². The van der Waals surface area contributed by atoms with Crippen molar-refractivity contribution in [2.24, 2.45) is 0 Å². The van der Waals surface area contributed by atoms with Crippen molar-refractivity contribution in [2.45, 2.75) is 18.4 Å². The van der Waals surface area contributed by atoms with Crippen molar-refractivity contribution in [3.05, 3.63) is 59.9 Å². The number of anilines is 1. The van der Waals surface area contributed by atoms with Gasteiger partial charge in [-0.05, 0) is 29.8 Å². The molecule has 0 aliphatic heterocycles. The van der Waals surface area contributed by atoms with E-state index in [1.54, 1.807) is 18.2 Å². The van der Waals surface area contributed by atoms with E-state index in [2.05, 4.69) is 25.5 Å². The lowest BCUT2D eigenvalue weighted by Gasteiger charge is -2.21. The van der Waals surface area contributed by atoms with Crippen molar-refractivity contribution in [3.8, 4) is 17.5 Å². The number of nitriles is 1. The fraction of sp³-hybridized carbons (Fsp3) is 0.158. The molecule has 0 saturated heterocycles. The minimum atomic E-state index is -3.03. The number of oxazole rings is 1. The van der Waals surface area contributed by atoms with Gasteiger partial charge in [0.1, 0.15) is 17.8 Å². The lowest BCUT2D eigenvalue weighted by Crippen LogP contribution is -2.28. The average Bonchev–Trinajstić information content (AvgIpc) is 3.39. The molecule has 1 unspecified atom stereocenters. The molecule has 1 atom stereocenters. The molecule has 0 saturated carbocycles. The third-order valence-electron chi connectivity index (χ3n) is 4.79. The Labute approximate surface area is 157 Å². The van der Waals surface area contributed by atoms with Crippen LogP contribution in [-0.4, -0.2) is 26.1 Å². The molecule has 9 heteroatoms. The molecular formula is C19H12F2N6O. The van der Waals surface area contributed by atoms with Gasteiger partial charge in [0.2, 0.25) is 0 Å². The van der Waals surface area contributed by atoms with Gasteiger partial charge in [-0.2, -0.15) is 10.4 Å². The smallest absolute Gasteiger partial charge is 0.277 e. The van der Waals surface area contributed by atoms with E-state index in [9.17, 15) is 8.78 Å². The molecule has 0 amide bonds. The van der Waals surface area contributed by atoms with Crippen LogP contribution in [0.2, 0.25) is 0 Å². The molecule has 4 aromatic rings. The van der Waals surface area contributed by atoms with Crippen molar-refractivity contribution >= 4 is 16.6 Å². The molecule has 28 heavy (non-hydrogen) atoms. The molecule has 0 spiro atoms. The number of H-pyrrole nitrogens is 1. The first-order chi connectivity index (χ1) is 13.5. The summed E-state index contributed by atoms with van der Waals surface area (Å²) in [5.41, 5.74) is 2.70. The van der Waals surface area contributed by atoms with E-state index in [0.29, 0.717) is 22.7 Å². The van der Waals surface area contributed by atoms with Gasteiger partial charge in [-0.3, -0.25) is 10.1 Å². The first-order valence-electron chi connectivity index (χ1n) is 8.45. The maximum Gasteiger partial charge on any atom is 0.277 e. The summed E-state index contributed by atoms with van der Waals surface area (Å²) in [7, 11) is 0. The fourth-order valence-electron chi connectivity index (χ4n) is 3.50. The minimum absolute atomic E-state index is 0.256. The van der Waals surface area contributed by atoms with Crippen LogP contribution in [0.1, 0.15) is 22.9 Å². The molecule has 138 valence electrons. The summed E-state index contributed by atoms with van der Waals surface area (Å²) < 4.78 is 34.6. The molecule has 1 aliphatic rings. The molecular weight excluding hydrogens is 366 g/mol. The number of halogens is 2. The third kappa shape index (κ3) is 2.50. The highest BCUT2D eigenvalue weighted by atomic mass is 19.3. The summed E-state index contributed by atoms with van der Waals surface area (Å²) in [5.74, 6) is -2.55. The number of aromatic nitrogens is 4. The Hall–Kier alpha value is -3.80. The number of aromatic amines is 1. The standard InChI is InChI=1S/C19H12F2N6O/c20-19(21)5-11-3-10(6-22)7-24-16(11)18(19)25-12-1-2-14-13(4-12)17(27-26-14)15-8-23-9-28-15/h1-4,7-9,18,25H,5H2,(H,26,27). The van der Waals surface area contributed by atoms with E-state index >= 15 is 0 Å². The summed E-state index contributed by atoms with van der Waals surface area (Å²) in [6.07, 6.45) is 3.69. The SMILES string of the molecule is N#Cc1cnc2c(c1)CC(F)(F)C2Nc1ccc2[nH]nc(-c3cnco3)c2c1. The van der Waals surface area contributed by atoms with Crippen molar-refractivity contribution in [1.29, 1.82) is 5.26 Å². The Balaban J connectivity index is 1.54. The predicted octanol–water partition coefficient (Wildman–Crippen LogP) is 3.83. The number of nitrogens with one attached hydrogen (secondary N) is 2. The maximum atomic E-state index is 14.7. The van der Waals surface area contributed by atoms with E-state index in [1.165, 1.54) is 24.9 Å². The highest BCUT2D eigenvalue weighted by Crippen LogP contribution is 2.44. The van der Waals surface area contributed by atoms with Crippen molar-refractivity contribution in [2.75, 3.05) is 5.32 Å². The Morgan fingerprint density at radius 3 is 2.96 bits per heavy atom. The number of nitrogens with zero attached hydrogens (tertiary/aromatic N) is 4. The Morgan fingerprint density at radius 1 is 1.29 bits per heavy atom. The van der Waals surface area contributed by atoms with Crippen molar-refractivity contribution in [3.63, 3.8) is 0 Å². The second kappa shape index (κ2) is 5.85. The van der Waals surface area contributed by atoms with Crippen LogP contribution in [-0.2, 0) is 6.42 Å². The number of alkyl halides is 2. The van der Waals surface area contributed by atoms with Crippen molar-refractivity contribution in [1.82, 2.24) is 20.2 Å². The summed E-state index contributed by atoms with van der Waals surface area (Å²) >= 11 is 0. The second-order valence-electron chi connectivity index (χ2n) is 6.59. The van der Waals surface area contributed by atoms with Gasteiger partial charge in [0.15, 0.2) is 12.2 Å². The van der Waals surface area contributed by atoms with Crippen LogP contribution in [0.5, 0.6) is 0 Å². The van der Waals surface area contributed by atoms with E-state index < -0.39 is 18.4 Å². The molecule has 1 aliphatic carbocycles. The van der Waals surface area contributed by atoms with Crippen LogP contribution >= 0.6 is 0 Å². The van der Waals surface area contributed by atoms with Crippen LogP contribution in [0, 0.1) is 11.3 Å². The number of hydrogen-bond acceptors (Lipinski definition) is 6. The van der Waals surface area contributed by atoms with Gasteiger partial charge >= 0.3 is 0 Å². The Morgan fingerprint density at radius 2 is 2.18 bits per heavy atom. The quantitative estimate of drug-likeness (QED) is 0.562. The first kappa shape index (κ1) is 16.4. The highest BCUT2D eigenvalue weighted by molar-refractivity contribution is 5.93. The molecule has 0 radical (unpaired) electrons. The molecule has 1 aromatic carbocycles. The molecule has 7 nitrogen and oxygen atoms in total. The van der Waals surface area contributed by atoms with Crippen LogP contribution in [0.3, 0.4) is 0 Å². The molecule has 5 rings (SSSR count). The van der Waals surface area contributed by atoms with E-state index in [4.69, 9.17) is 9.68 Å². The van der Waals surface area contributed by atoms with Gasteiger partial charge in [0.05, 0.1) is 23.0 Å². The van der Waals surface area contributed by atoms with Gasteiger partial charge in [-0.25, -0.2) is 13.8 Å². The van der Waals surface area contributed by atoms with E-state index in [1.807, 2.05) is 6.07 Å². The highest BCUT2D eigenvalue weighted by Gasteiger charge is 2.49. The zero-order valence-electron chi connectivity index (χ0n) is 14.3. The average molecular weight is 378 g/mol. The summed E-state index contributed by atoms with van der Waals surface area (Å²) in [6.45, 7) is 0. The van der Waals surface area contributed by atoms with Gasteiger partial charge in [0, 0.05) is 23.7 Å². The minimum Gasteiger partial charge on any atom is -0.442 e. The number of fused-ring (bicyclic) bond motifs is 2. The third-order valence-corrected chi connectivity index (χ3v) is 4.79. The maximum absolute atomic E-state index is 14.7. The second-order valence-corrected chi connectivity index (χ2v) is 6.59. The summed E-state index contributed by atoms with van der Waals surface area (Å²) in [5, 5.41) is 19.7. The molecule has 3 aromatic heterocycles. The molecule has 3 heterocycles. The fourth-order valence-corrected chi connectivity index (χ4v) is 3.50. The van der Waals surface area contributed by atoms with Crippen LogP contribution in [0.15, 0.2) is 47.5 Å². The molecule has 0 bridgehead atoms. The van der Waals surface area contributed by atoms with Crippen molar-refractivity contribution < 1.29 is 13.2 Å². The zero-order valence-corrected chi connectivity index (χ0v) is 14.3. The summed E-state index contributed by atoms with van der Waals surface area (Å²) in [4.78, 5) is 7.99. The molecule has 2 N–H and O–H groups in total. The topological polar surface area (TPSA) is 103 Å². The van der Waals surface area contributed by atoms with Crippen LogP contribution in [0.4, 0.5) is 14.5 Å². The first-order valence-corrected chi connectivity index (χ1v) is 8.45. The summed E-state index contributed by atoms with van der Waals surface area (Å²) in [6, 6.07) is 7.30. The van der Waals surface area contributed by atoms with Crippen LogP contribution < -0.4 is 5.32 Å². The van der Waals surface area contributed by atoms with E-state index in [0.717, 1.165) is 10.9 Å². The predicted molar refractivity (Wildman–Crippen MR) is 95.6 cm³/mol. The number of benzene rings is 1. The van der Waals surface area contributed by atoms with Gasteiger partial charge in [0.25, 0.3) is 5.92 Å². The largest absolute Gasteiger partial charge is 0.442 e. The lowest BCUT2D eigenvalue weighted by atomic mass is 10.1. The normalized spacial score (nSPS) is 17.4. The Kier molecular flexibility index (Phi) is 3.42. The number of hydrogen-bond donors (Lipinski definition) is 2. The van der Waals surface area contributed by atoms with Gasteiger partial charge < -0.3 is 9.73 Å². The van der Waals surface area contributed by atoms with Gasteiger partial charge in [-0.1, -0.05) is 0 Å². The monoisotopic (exact) mass is 378 g/mol. The lowest BCUT2D eigenvalue weighted by molar-refractivity contribution is -0.00769. The van der Waals surface area contributed by atoms with Crippen LogP contribution in [0.25, 0.3) is 22.4 Å². The van der Waals surface area contributed by atoms with E-state index in [-0.39, 0.29) is 11.3 Å². The Bertz CT molecular complexity index is 1230.